The van der Waals surface area contributed by atoms with Crippen LogP contribution >= 0.6 is 23.2 Å². The Hall–Kier alpha value is -0.730. The fourth-order valence-electron chi connectivity index (χ4n) is 1.55. The first kappa shape index (κ1) is 9.81. The Morgan fingerprint density at radius 2 is 2.00 bits per heavy atom. The summed E-state index contributed by atoms with van der Waals surface area (Å²) in [5.41, 5.74) is 1.02. The SMILES string of the molecule is O=C(O)c1ccccc1C1CC1(Cl)Cl. The Bertz CT molecular complexity index is 387. The molecule has 1 aromatic carbocycles. The summed E-state index contributed by atoms with van der Waals surface area (Å²) in [4.78, 5) is 10.9. The molecule has 2 nitrogen and oxygen atoms in total. The molecule has 0 heterocycles. The van der Waals surface area contributed by atoms with Crippen molar-refractivity contribution in [2.75, 3.05) is 0 Å². The molecule has 0 amide bonds. The summed E-state index contributed by atoms with van der Waals surface area (Å²) in [7, 11) is 0. The van der Waals surface area contributed by atoms with Crippen LogP contribution in [0, 0.1) is 0 Å². The predicted octanol–water partition coefficient (Wildman–Crippen LogP) is 3.05. The van der Waals surface area contributed by atoms with Crippen molar-refractivity contribution in [2.45, 2.75) is 16.7 Å². The van der Waals surface area contributed by atoms with Gasteiger partial charge in [0.15, 0.2) is 0 Å². The van der Waals surface area contributed by atoms with Crippen LogP contribution in [0.1, 0.15) is 28.3 Å². The first-order valence-electron chi connectivity index (χ1n) is 4.22. The van der Waals surface area contributed by atoms with E-state index in [0.29, 0.717) is 12.0 Å². The lowest BCUT2D eigenvalue weighted by Crippen LogP contribution is -2.02. The highest BCUT2D eigenvalue weighted by Gasteiger charge is 2.53. The van der Waals surface area contributed by atoms with Gasteiger partial charge in [0.25, 0.3) is 0 Å². The number of hydrogen-bond acceptors (Lipinski definition) is 1. The van der Waals surface area contributed by atoms with E-state index in [-0.39, 0.29) is 5.92 Å². The predicted molar refractivity (Wildman–Crippen MR) is 55.2 cm³/mol. The third-order valence-corrected chi connectivity index (χ3v) is 3.23. The highest BCUT2D eigenvalue weighted by Crippen LogP contribution is 2.60. The van der Waals surface area contributed by atoms with Crippen molar-refractivity contribution in [3.8, 4) is 0 Å². The van der Waals surface area contributed by atoms with Crippen LogP contribution in [0.4, 0.5) is 0 Å². The van der Waals surface area contributed by atoms with Gasteiger partial charge in [-0.05, 0) is 18.1 Å². The summed E-state index contributed by atoms with van der Waals surface area (Å²) in [6.07, 6.45) is 0.625. The van der Waals surface area contributed by atoms with Gasteiger partial charge in [0, 0.05) is 5.92 Å². The van der Waals surface area contributed by atoms with Gasteiger partial charge in [-0.1, -0.05) is 18.2 Å². The molecule has 1 aliphatic carbocycles. The molecule has 2 rings (SSSR count). The van der Waals surface area contributed by atoms with Gasteiger partial charge >= 0.3 is 5.97 Å². The highest BCUT2D eigenvalue weighted by atomic mass is 35.5. The topological polar surface area (TPSA) is 37.3 Å². The molecule has 0 radical (unpaired) electrons. The lowest BCUT2D eigenvalue weighted by Gasteiger charge is -2.04. The van der Waals surface area contributed by atoms with Crippen molar-refractivity contribution in [3.05, 3.63) is 35.4 Å². The number of benzene rings is 1. The van der Waals surface area contributed by atoms with E-state index < -0.39 is 10.3 Å². The maximum atomic E-state index is 10.9. The number of carboxylic acid groups (broad SMARTS) is 1. The van der Waals surface area contributed by atoms with Gasteiger partial charge < -0.3 is 5.11 Å². The Balaban J connectivity index is 2.39. The zero-order valence-corrected chi connectivity index (χ0v) is 8.72. The smallest absolute Gasteiger partial charge is 0.335 e. The van der Waals surface area contributed by atoms with E-state index >= 15 is 0 Å². The standard InChI is InChI=1S/C10H8Cl2O2/c11-10(12)5-8(10)6-3-1-2-4-7(6)9(13)14/h1-4,8H,5H2,(H,13,14). The quantitative estimate of drug-likeness (QED) is 0.794. The summed E-state index contributed by atoms with van der Waals surface area (Å²) < 4.78 is -0.772. The van der Waals surface area contributed by atoms with E-state index in [1.54, 1.807) is 24.3 Å². The lowest BCUT2D eigenvalue weighted by molar-refractivity contribution is 0.0695. The fraction of sp³-hybridized carbons (Fsp3) is 0.300. The van der Waals surface area contributed by atoms with Crippen LogP contribution in [0.25, 0.3) is 0 Å². The Kier molecular flexibility index (Phi) is 2.20. The molecule has 0 aromatic heterocycles. The van der Waals surface area contributed by atoms with E-state index in [1.807, 2.05) is 0 Å². The van der Waals surface area contributed by atoms with Gasteiger partial charge in [-0.2, -0.15) is 0 Å². The zero-order valence-electron chi connectivity index (χ0n) is 7.21. The van der Waals surface area contributed by atoms with E-state index in [2.05, 4.69) is 0 Å². The van der Waals surface area contributed by atoms with Crippen molar-refractivity contribution in [1.29, 1.82) is 0 Å². The Labute approximate surface area is 91.4 Å². The molecule has 1 saturated carbocycles. The van der Waals surface area contributed by atoms with Crippen molar-refractivity contribution in [3.63, 3.8) is 0 Å². The molecular weight excluding hydrogens is 223 g/mol. The second-order valence-corrected chi connectivity index (χ2v) is 4.95. The zero-order chi connectivity index (χ0) is 10.3. The molecule has 1 unspecified atom stereocenters. The largest absolute Gasteiger partial charge is 0.478 e. The van der Waals surface area contributed by atoms with Gasteiger partial charge in [-0.25, -0.2) is 4.79 Å². The molecule has 14 heavy (non-hydrogen) atoms. The van der Waals surface area contributed by atoms with Crippen LogP contribution < -0.4 is 0 Å². The summed E-state index contributed by atoms with van der Waals surface area (Å²) in [5, 5.41) is 8.93. The first-order chi connectivity index (χ1) is 6.52. The number of alkyl halides is 2. The Morgan fingerprint density at radius 3 is 2.50 bits per heavy atom. The average molecular weight is 231 g/mol. The third-order valence-electron chi connectivity index (χ3n) is 2.39. The van der Waals surface area contributed by atoms with Crippen LogP contribution in [0.2, 0.25) is 0 Å². The molecule has 1 aromatic rings. The molecule has 74 valence electrons. The average Bonchev–Trinajstić information content (AvgIpc) is 2.75. The minimum absolute atomic E-state index is 0.0434. The van der Waals surface area contributed by atoms with E-state index in [9.17, 15) is 4.79 Å². The van der Waals surface area contributed by atoms with Gasteiger partial charge in [0.2, 0.25) is 0 Å². The summed E-state index contributed by atoms with van der Waals surface area (Å²) in [6, 6.07) is 6.82. The number of carbonyl (C=O) groups is 1. The van der Waals surface area contributed by atoms with Gasteiger partial charge in [0.1, 0.15) is 4.33 Å². The number of carboxylic acids is 1. The van der Waals surface area contributed by atoms with Crippen molar-refractivity contribution < 1.29 is 9.90 Å². The van der Waals surface area contributed by atoms with Crippen LogP contribution in [0.3, 0.4) is 0 Å². The fourth-order valence-corrected chi connectivity index (χ4v) is 2.09. The maximum absolute atomic E-state index is 10.9. The normalized spacial score (nSPS) is 23.1. The van der Waals surface area contributed by atoms with E-state index in [4.69, 9.17) is 28.3 Å². The number of hydrogen-bond donors (Lipinski definition) is 1. The molecule has 1 fully saturated rings. The summed E-state index contributed by atoms with van der Waals surface area (Å²) >= 11 is 11.8. The van der Waals surface area contributed by atoms with Gasteiger partial charge in [-0.15, -0.1) is 23.2 Å². The van der Waals surface area contributed by atoms with Crippen molar-refractivity contribution in [1.82, 2.24) is 0 Å². The van der Waals surface area contributed by atoms with Crippen molar-refractivity contribution >= 4 is 29.2 Å². The molecule has 0 aliphatic heterocycles. The molecular formula is C10H8Cl2O2. The molecule has 0 bridgehead atoms. The number of halogens is 2. The molecule has 1 N–H and O–H groups in total. The second kappa shape index (κ2) is 3.14. The Morgan fingerprint density at radius 1 is 1.43 bits per heavy atom. The maximum Gasteiger partial charge on any atom is 0.335 e. The molecule has 1 atom stereocenters. The van der Waals surface area contributed by atoms with Crippen LogP contribution in [0.5, 0.6) is 0 Å². The van der Waals surface area contributed by atoms with Crippen LogP contribution in [-0.2, 0) is 0 Å². The van der Waals surface area contributed by atoms with Gasteiger partial charge in [0.05, 0.1) is 5.56 Å². The first-order valence-corrected chi connectivity index (χ1v) is 4.98. The summed E-state index contributed by atoms with van der Waals surface area (Å²) in [5.74, 6) is -0.977. The van der Waals surface area contributed by atoms with Gasteiger partial charge in [-0.3, -0.25) is 0 Å². The van der Waals surface area contributed by atoms with E-state index in [1.165, 1.54) is 0 Å². The molecule has 1 aliphatic rings. The van der Waals surface area contributed by atoms with E-state index in [0.717, 1.165) is 5.56 Å². The summed E-state index contributed by atoms with van der Waals surface area (Å²) in [6.45, 7) is 0. The van der Waals surface area contributed by atoms with Crippen LogP contribution in [-0.4, -0.2) is 15.4 Å². The number of rotatable bonds is 2. The number of aromatic carboxylic acids is 1. The minimum atomic E-state index is -0.934. The lowest BCUT2D eigenvalue weighted by atomic mass is 10.0. The van der Waals surface area contributed by atoms with Crippen LogP contribution in [0.15, 0.2) is 24.3 Å². The second-order valence-electron chi connectivity index (χ2n) is 3.41. The minimum Gasteiger partial charge on any atom is -0.478 e. The van der Waals surface area contributed by atoms with Crippen molar-refractivity contribution in [2.24, 2.45) is 0 Å². The molecule has 0 spiro atoms. The third kappa shape index (κ3) is 1.60. The highest BCUT2D eigenvalue weighted by molar-refractivity contribution is 6.51. The molecule has 4 heteroatoms. The molecule has 0 saturated heterocycles. The monoisotopic (exact) mass is 230 g/mol.